The van der Waals surface area contributed by atoms with Crippen molar-refractivity contribution in [2.75, 3.05) is 5.32 Å². The van der Waals surface area contributed by atoms with Crippen molar-refractivity contribution in [1.29, 1.82) is 0 Å². The van der Waals surface area contributed by atoms with Gasteiger partial charge >= 0.3 is 0 Å². The smallest absolute Gasteiger partial charge is 0.250 e. The van der Waals surface area contributed by atoms with Crippen LogP contribution in [0.1, 0.15) is 27.9 Å². The molecule has 0 atom stereocenters. The molecule has 2 aromatic heterocycles. The van der Waals surface area contributed by atoms with Crippen LogP contribution < -0.4 is 5.32 Å². The molecule has 162 valence electrons. The highest BCUT2D eigenvalue weighted by Gasteiger charge is 2.12. The van der Waals surface area contributed by atoms with Gasteiger partial charge in [0, 0.05) is 22.6 Å². The van der Waals surface area contributed by atoms with Crippen LogP contribution in [0.3, 0.4) is 0 Å². The second-order valence-electron chi connectivity index (χ2n) is 7.59. The summed E-state index contributed by atoms with van der Waals surface area (Å²) in [5.74, 6) is -0.266. The molecule has 0 aliphatic carbocycles. The minimum absolute atomic E-state index is 0.266. The highest BCUT2D eigenvalue weighted by atomic mass is 35.5. The summed E-state index contributed by atoms with van der Waals surface area (Å²) < 4.78 is 1.74. The summed E-state index contributed by atoms with van der Waals surface area (Å²) in [5.41, 5.74) is 6.93. The molecular weight excluding hydrogens is 440 g/mol. The number of anilines is 1. The van der Waals surface area contributed by atoms with Crippen LogP contribution in [0.15, 0.2) is 60.0 Å². The molecule has 2 heterocycles. The third kappa shape index (κ3) is 4.98. The Morgan fingerprint density at radius 3 is 2.66 bits per heavy atom. The summed E-state index contributed by atoms with van der Waals surface area (Å²) >= 11 is 7.92. The maximum absolute atomic E-state index is 12.4. The second kappa shape index (κ2) is 9.51. The summed E-state index contributed by atoms with van der Waals surface area (Å²) in [6, 6.07) is 16.2. The number of halogens is 1. The molecule has 0 saturated carbocycles. The number of benzene rings is 2. The number of hydrogen-bond acceptors (Lipinski definition) is 4. The monoisotopic (exact) mass is 462 g/mol. The maximum atomic E-state index is 12.4. The lowest BCUT2D eigenvalue weighted by Gasteiger charge is -2.03. The predicted octanol–water partition coefficient (Wildman–Crippen LogP) is 6.29. The van der Waals surface area contributed by atoms with Crippen molar-refractivity contribution in [3.63, 3.8) is 0 Å². The first-order valence-corrected chi connectivity index (χ1v) is 11.5. The van der Waals surface area contributed by atoms with E-state index in [4.69, 9.17) is 11.6 Å². The molecule has 1 amide bonds. The van der Waals surface area contributed by atoms with Gasteiger partial charge in [-0.2, -0.15) is 5.10 Å². The highest BCUT2D eigenvalue weighted by molar-refractivity contribution is 7.14. The fourth-order valence-corrected chi connectivity index (χ4v) is 4.31. The van der Waals surface area contributed by atoms with Gasteiger partial charge in [0.2, 0.25) is 5.91 Å². The zero-order chi connectivity index (χ0) is 22.7. The van der Waals surface area contributed by atoms with Crippen molar-refractivity contribution in [3.8, 4) is 11.3 Å². The van der Waals surface area contributed by atoms with E-state index >= 15 is 0 Å². The standard InChI is InChI=1S/C25H23ClN4OS/c1-16-9-10-20(13-17(16)2)22-15-32-25(27-22)28-23(31)12-11-21-18(3)29-30(24(21)26)14-19-7-5-4-6-8-19/h4-13,15H,14H2,1-3H3,(H,27,28,31)/b12-11+. The van der Waals surface area contributed by atoms with E-state index in [-0.39, 0.29) is 5.91 Å². The molecule has 0 bridgehead atoms. The van der Waals surface area contributed by atoms with Crippen LogP contribution in [-0.2, 0) is 11.3 Å². The summed E-state index contributed by atoms with van der Waals surface area (Å²) in [6.07, 6.45) is 3.15. The zero-order valence-corrected chi connectivity index (χ0v) is 19.7. The third-order valence-electron chi connectivity index (χ3n) is 5.22. The van der Waals surface area contributed by atoms with E-state index in [1.54, 1.807) is 10.8 Å². The lowest BCUT2D eigenvalue weighted by atomic mass is 10.1. The Bertz CT molecular complexity index is 1290. The van der Waals surface area contributed by atoms with E-state index < -0.39 is 0 Å². The van der Waals surface area contributed by atoms with Crippen molar-refractivity contribution >= 4 is 40.1 Å². The van der Waals surface area contributed by atoms with E-state index in [9.17, 15) is 4.79 Å². The topological polar surface area (TPSA) is 59.8 Å². The summed E-state index contributed by atoms with van der Waals surface area (Å²) in [5, 5.41) is 10.3. The molecule has 4 aromatic rings. The van der Waals surface area contributed by atoms with Gasteiger partial charge in [-0.25, -0.2) is 9.67 Å². The second-order valence-corrected chi connectivity index (χ2v) is 8.81. The van der Waals surface area contributed by atoms with Crippen LogP contribution in [0, 0.1) is 20.8 Å². The first-order chi connectivity index (χ1) is 15.4. The average Bonchev–Trinajstić information content (AvgIpc) is 3.34. The van der Waals surface area contributed by atoms with Crippen LogP contribution in [0.5, 0.6) is 0 Å². The Kier molecular flexibility index (Phi) is 6.53. The van der Waals surface area contributed by atoms with Gasteiger partial charge in [-0.3, -0.25) is 10.1 Å². The van der Waals surface area contributed by atoms with Crippen LogP contribution in [0.25, 0.3) is 17.3 Å². The van der Waals surface area contributed by atoms with Gasteiger partial charge in [0.05, 0.1) is 17.9 Å². The first-order valence-electron chi connectivity index (χ1n) is 10.2. The van der Waals surface area contributed by atoms with E-state index in [1.807, 2.05) is 48.7 Å². The van der Waals surface area contributed by atoms with Gasteiger partial charge in [-0.1, -0.05) is 54.1 Å². The molecular formula is C25H23ClN4OS. The number of nitrogens with one attached hydrogen (secondary N) is 1. The van der Waals surface area contributed by atoms with Crippen molar-refractivity contribution in [2.45, 2.75) is 27.3 Å². The van der Waals surface area contributed by atoms with E-state index in [2.05, 4.69) is 41.4 Å². The van der Waals surface area contributed by atoms with Crippen molar-refractivity contribution in [1.82, 2.24) is 14.8 Å². The minimum atomic E-state index is -0.266. The maximum Gasteiger partial charge on any atom is 0.250 e. The van der Waals surface area contributed by atoms with Gasteiger partial charge in [0.15, 0.2) is 5.13 Å². The molecule has 0 fully saturated rings. The van der Waals surface area contributed by atoms with Gasteiger partial charge in [-0.05, 0) is 49.6 Å². The van der Waals surface area contributed by atoms with Crippen LogP contribution in [-0.4, -0.2) is 20.7 Å². The Hall–Kier alpha value is -3.22. The summed E-state index contributed by atoms with van der Waals surface area (Å²) in [7, 11) is 0. The Morgan fingerprint density at radius 1 is 1.12 bits per heavy atom. The molecule has 4 rings (SSSR count). The van der Waals surface area contributed by atoms with Crippen molar-refractivity contribution in [3.05, 3.63) is 93.1 Å². The number of nitrogens with zero attached hydrogens (tertiary/aromatic N) is 3. The van der Waals surface area contributed by atoms with Crippen molar-refractivity contribution < 1.29 is 4.79 Å². The number of hydrogen-bond donors (Lipinski definition) is 1. The molecule has 0 aliphatic heterocycles. The third-order valence-corrected chi connectivity index (χ3v) is 6.38. The van der Waals surface area contributed by atoms with E-state index in [0.29, 0.717) is 16.8 Å². The summed E-state index contributed by atoms with van der Waals surface area (Å²) in [6.45, 7) is 6.61. The van der Waals surface area contributed by atoms with Gasteiger partial charge in [-0.15, -0.1) is 11.3 Å². The molecule has 0 unspecified atom stereocenters. The molecule has 32 heavy (non-hydrogen) atoms. The zero-order valence-electron chi connectivity index (χ0n) is 18.1. The number of amides is 1. The normalized spacial score (nSPS) is 11.2. The molecule has 1 N–H and O–H groups in total. The highest BCUT2D eigenvalue weighted by Crippen LogP contribution is 2.27. The lowest BCUT2D eigenvalue weighted by Crippen LogP contribution is -2.07. The molecule has 0 saturated heterocycles. The fraction of sp³-hybridized carbons (Fsp3) is 0.160. The Balaban J connectivity index is 1.44. The number of aryl methyl sites for hydroxylation is 3. The largest absolute Gasteiger partial charge is 0.298 e. The Morgan fingerprint density at radius 2 is 1.91 bits per heavy atom. The van der Waals surface area contributed by atoms with Gasteiger partial charge in [0.1, 0.15) is 5.15 Å². The van der Waals surface area contributed by atoms with E-state index in [1.165, 1.54) is 28.5 Å². The van der Waals surface area contributed by atoms with Crippen LogP contribution in [0.2, 0.25) is 5.15 Å². The van der Waals surface area contributed by atoms with Crippen molar-refractivity contribution in [2.24, 2.45) is 0 Å². The number of thiazole rings is 1. The van der Waals surface area contributed by atoms with E-state index in [0.717, 1.165) is 28.1 Å². The lowest BCUT2D eigenvalue weighted by molar-refractivity contribution is -0.111. The SMILES string of the molecule is Cc1ccc(-c2csc(NC(=O)/C=C/c3c(C)nn(Cc4ccccc4)c3Cl)n2)cc1C. The molecule has 0 radical (unpaired) electrons. The molecule has 5 nitrogen and oxygen atoms in total. The molecule has 0 aliphatic rings. The predicted molar refractivity (Wildman–Crippen MR) is 132 cm³/mol. The molecule has 0 spiro atoms. The number of carbonyl (C=O) groups excluding carboxylic acids is 1. The first kappa shape index (κ1) is 22.0. The number of aromatic nitrogens is 3. The summed E-state index contributed by atoms with van der Waals surface area (Å²) in [4.78, 5) is 17.0. The number of rotatable bonds is 6. The quantitative estimate of drug-likeness (QED) is 0.343. The number of carbonyl (C=O) groups is 1. The Labute approximate surface area is 196 Å². The minimum Gasteiger partial charge on any atom is -0.298 e. The molecule has 7 heteroatoms. The fourth-order valence-electron chi connectivity index (χ4n) is 3.29. The van der Waals surface area contributed by atoms with Crippen LogP contribution >= 0.6 is 22.9 Å². The van der Waals surface area contributed by atoms with Gasteiger partial charge in [0.25, 0.3) is 0 Å². The molecule has 2 aromatic carbocycles. The van der Waals surface area contributed by atoms with Gasteiger partial charge < -0.3 is 0 Å². The average molecular weight is 463 g/mol. The van der Waals surface area contributed by atoms with Crippen LogP contribution in [0.4, 0.5) is 5.13 Å².